The van der Waals surface area contributed by atoms with Crippen LogP contribution in [0.25, 0.3) is 10.1 Å². The molecule has 4 saturated carbocycles. The Hall–Kier alpha value is -2.31. The van der Waals surface area contributed by atoms with Crippen LogP contribution in [0.4, 0.5) is 24.0 Å². The summed E-state index contributed by atoms with van der Waals surface area (Å²) in [7, 11) is 2.19. The number of nitro groups is 1. The third-order valence-corrected chi connectivity index (χ3v) is 9.96. The minimum atomic E-state index is -4.80. The Balaban J connectivity index is 1.21. The molecule has 0 radical (unpaired) electrons. The molecule has 0 atom stereocenters. The molecule has 12 heteroatoms. The Bertz CT molecular complexity index is 1230. The van der Waals surface area contributed by atoms with Gasteiger partial charge in [0.05, 0.1) is 15.9 Å². The van der Waals surface area contributed by atoms with Crippen molar-refractivity contribution in [3.05, 3.63) is 38.2 Å². The van der Waals surface area contributed by atoms with Crippen LogP contribution in [0.5, 0.6) is 0 Å². The third-order valence-electron chi connectivity index (χ3n) is 8.80. The van der Waals surface area contributed by atoms with Gasteiger partial charge in [0.2, 0.25) is 0 Å². The molecular formula is C24H28F3N5O3S. The predicted molar refractivity (Wildman–Crippen MR) is 130 cm³/mol. The van der Waals surface area contributed by atoms with Gasteiger partial charge in [-0.25, -0.2) is 10.0 Å². The van der Waals surface area contributed by atoms with E-state index < -0.39 is 27.9 Å². The standard InChI is InChI=1S/C24H28F3N5O3S/c1-29(20-15-7-13-6-14(9-15)10-16(20)8-13)31-4-2-30(3-5-31)23-28-22(33)18-11-17(24(25,26)27)12-19(32(34)35)21(18)36-23/h11-16,20H,2-10H2,1H3. The van der Waals surface area contributed by atoms with Crippen LogP contribution in [-0.2, 0) is 6.18 Å². The molecule has 0 spiro atoms. The monoisotopic (exact) mass is 523 g/mol. The molecule has 5 aliphatic rings. The van der Waals surface area contributed by atoms with Gasteiger partial charge in [-0.15, -0.1) is 0 Å². The molecule has 0 unspecified atom stereocenters. The van der Waals surface area contributed by atoms with Gasteiger partial charge in [0.15, 0.2) is 5.13 Å². The highest BCUT2D eigenvalue weighted by molar-refractivity contribution is 7.22. The zero-order valence-corrected chi connectivity index (χ0v) is 20.7. The van der Waals surface area contributed by atoms with Crippen LogP contribution in [-0.4, -0.2) is 59.2 Å². The first-order chi connectivity index (χ1) is 17.1. The first-order valence-corrected chi connectivity index (χ1v) is 13.3. The minimum Gasteiger partial charge on any atom is -0.345 e. The van der Waals surface area contributed by atoms with Gasteiger partial charge in [-0.1, -0.05) is 11.3 Å². The summed E-state index contributed by atoms with van der Waals surface area (Å²) in [6, 6.07) is 1.74. The maximum atomic E-state index is 13.2. The SMILES string of the molecule is CN(C1C2CC3CC(C2)CC1C3)N1CCN(c2nc(=O)c3cc(C(F)(F)F)cc([N+](=O)[O-])c3s2)CC1. The van der Waals surface area contributed by atoms with Gasteiger partial charge in [-0.05, 0) is 61.8 Å². The van der Waals surface area contributed by atoms with Crippen molar-refractivity contribution in [2.24, 2.45) is 23.7 Å². The molecule has 194 valence electrons. The van der Waals surface area contributed by atoms with Crippen molar-refractivity contribution in [1.29, 1.82) is 0 Å². The molecule has 1 aromatic heterocycles. The quantitative estimate of drug-likeness (QED) is 0.435. The van der Waals surface area contributed by atoms with Crippen LogP contribution in [0.2, 0.25) is 0 Å². The second-order valence-electron chi connectivity index (χ2n) is 10.9. The van der Waals surface area contributed by atoms with Crippen molar-refractivity contribution in [3.63, 3.8) is 0 Å². The van der Waals surface area contributed by atoms with Crippen LogP contribution in [0.1, 0.15) is 37.7 Å². The number of alkyl halides is 3. The van der Waals surface area contributed by atoms with E-state index in [4.69, 9.17) is 0 Å². The summed E-state index contributed by atoms with van der Waals surface area (Å²) in [6.45, 7) is 2.63. The average Bonchev–Trinajstić information content (AvgIpc) is 2.82. The number of hydrogen-bond acceptors (Lipinski definition) is 8. The molecule has 5 fully saturated rings. The Morgan fingerprint density at radius 3 is 2.22 bits per heavy atom. The lowest BCUT2D eigenvalue weighted by molar-refractivity contribution is -0.383. The van der Waals surface area contributed by atoms with Crippen molar-refractivity contribution in [2.45, 2.75) is 44.3 Å². The highest BCUT2D eigenvalue weighted by Gasteiger charge is 2.50. The summed E-state index contributed by atoms with van der Waals surface area (Å²) < 4.78 is 39.6. The second kappa shape index (κ2) is 8.63. The smallest absolute Gasteiger partial charge is 0.345 e. The molecule has 1 aliphatic heterocycles. The second-order valence-corrected chi connectivity index (χ2v) is 11.8. The summed E-state index contributed by atoms with van der Waals surface area (Å²) in [6.07, 6.45) is 1.98. The molecule has 2 heterocycles. The normalized spacial score (nSPS) is 30.5. The van der Waals surface area contributed by atoms with E-state index in [1.807, 2.05) is 4.90 Å². The number of rotatable bonds is 4. The number of hydrogen-bond donors (Lipinski definition) is 0. The molecular weight excluding hydrogens is 495 g/mol. The summed E-state index contributed by atoms with van der Waals surface area (Å²) in [5.74, 6) is 3.34. The van der Waals surface area contributed by atoms with Gasteiger partial charge >= 0.3 is 6.18 Å². The molecule has 7 rings (SSSR count). The minimum absolute atomic E-state index is 0.0730. The molecule has 0 N–H and O–H groups in total. The van der Waals surface area contributed by atoms with E-state index in [9.17, 15) is 28.1 Å². The molecule has 36 heavy (non-hydrogen) atoms. The fraction of sp³-hybridized carbons (Fsp3) is 0.667. The van der Waals surface area contributed by atoms with Crippen molar-refractivity contribution in [2.75, 3.05) is 38.1 Å². The fourth-order valence-electron chi connectivity index (χ4n) is 7.47. The molecule has 1 saturated heterocycles. The summed E-state index contributed by atoms with van der Waals surface area (Å²) in [5, 5.41) is 16.3. The molecule has 8 nitrogen and oxygen atoms in total. The molecule has 0 amide bonds. The number of non-ortho nitro benzene ring substituents is 1. The van der Waals surface area contributed by atoms with Crippen molar-refractivity contribution in [3.8, 4) is 0 Å². The maximum absolute atomic E-state index is 13.2. The Morgan fingerprint density at radius 1 is 1.06 bits per heavy atom. The number of hydrazine groups is 1. The topological polar surface area (TPSA) is 82.8 Å². The van der Waals surface area contributed by atoms with E-state index in [2.05, 4.69) is 22.0 Å². The van der Waals surface area contributed by atoms with Gasteiger partial charge < -0.3 is 4.90 Å². The summed E-state index contributed by atoms with van der Waals surface area (Å²) in [4.78, 5) is 29.3. The number of nitrogens with zero attached hydrogens (tertiary/aromatic N) is 5. The van der Waals surface area contributed by atoms with Crippen LogP contribution < -0.4 is 10.5 Å². The van der Waals surface area contributed by atoms with Gasteiger partial charge in [0.1, 0.15) is 4.70 Å². The molecule has 1 aromatic carbocycles. The summed E-state index contributed by atoms with van der Waals surface area (Å²) >= 11 is 0.912. The number of benzene rings is 1. The fourth-order valence-corrected chi connectivity index (χ4v) is 8.59. The predicted octanol–water partition coefficient (Wildman–Crippen LogP) is 4.38. The molecule has 4 aliphatic carbocycles. The highest BCUT2D eigenvalue weighted by atomic mass is 32.1. The lowest BCUT2D eigenvalue weighted by Gasteiger charge is -2.58. The van der Waals surface area contributed by atoms with Crippen molar-refractivity contribution >= 4 is 32.2 Å². The molecule has 4 bridgehead atoms. The first-order valence-electron chi connectivity index (χ1n) is 12.5. The first kappa shape index (κ1) is 24.1. The Kier molecular flexibility index (Phi) is 5.76. The lowest BCUT2D eigenvalue weighted by atomic mass is 9.54. The van der Waals surface area contributed by atoms with Crippen molar-refractivity contribution in [1.82, 2.24) is 15.0 Å². The Morgan fingerprint density at radius 2 is 1.67 bits per heavy atom. The van der Waals surface area contributed by atoms with Crippen LogP contribution in [0, 0.1) is 33.8 Å². The van der Waals surface area contributed by atoms with E-state index in [0.717, 1.165) is 48.1 Å². The van der Waals surface area contributed by atoms with Crippen LogP contribution in [0.15, 0.2) is 16.9 Å². The van der Waals surface area contributed by atoms with Crippen LogP contribution >= 0.6 is 11.3 Å². The number of piperazine rings is 1. The number of anilines is 1. The zero-order chi connectivity index (χ0) is 25.4. The van der Waals surface area contributed by atoms with Gasteiger partial charge in [-0.2, -0.15) is 18.2 Å². The highest BCUT2D eigenvalue weighted by Crippen LogP contribution is 2.55. The number of nitro benzene ring substituents is 1. The lowest BCUT2D eigenvalue weighted by Crippen LogP contribution is -2.62. The van der Waals surface area contributed by atoms with Crippen LogP contribution in [0.3, 0.4) is 0 Å². The Labute approximate surface area is 209 Å². The zero-order valence-electron chi connectivity index (χ0n) is 19.9. The van der Waals surface area contributed by atoms with E-state index in [1.54, 1.807) is 0 Å². The van der Waals surface area contributed by atoms with E-state index in [0.29, 0.717) is 36.4 Å². The van der Waals surface area contributed by atoms with Gasteiger partial charge in [0, 0.05) is 45.3 Å². The largest absolute Gasteiger partial charge is 0.416 e. The number of halogens is 3. The van der Waals surface area contributed by atoms with Crippen molar-refractivity contribution < 1.29 is 18.1 Å². The van der Waals surface area contributed by atoms with E-state index >= 15 is 0 Å². The maximum Gasteiger partial charge on any atom is 0.416 e. The van der Waals surface area contributed by atoms with E-state index in [-0.39, 0.29) is 10.1 Å². The summed E-state index contributed by atoms with van der Waals surface area (Å²) in [5.41, 5.74) is -2.81. The third kappa shape index (κ3) is 4.06. The average molecular weight is 524 g/mol. The van der Waals surface area contributed by atoms with E-state index in [1.165, 1.54) is 32.1 Å². The van der Waals surface area contributed by atoms with Gasteiger partial charge in [-0.3, -0.25) is 14.9 Å². The molecule has 2 aromatic rings. The van der Waals surface area contributed by atoms with Gasteiger partial charge in [0.25, 0.3) is 11.2 Å². The number of aromatic nitrogens is 1. The number of fused-ring (bicyclic) bond motifs is 1.